The third-order valence-electron chi connectivity index (χ3n) is 2.64. The molecule has 90 valence electrons. The summed E-state index contributed by atoms with van der Waals surface area (Å²) < 4.78 is 44.1. The summed E-state index contributed by atoms with van der Waals surface area (Å²) in [7, 11) is 0.591. The van der Waals surface area contributed by atoms with E-state index in [1.807, 2.05) is 13.8 Å². The number of rotatable bonds is 4. The predicted molar refractivity (Wildman–Crippen MR) is 59.7 cm³/mol. The SMILES string of the molecule is CC(C)(CCc1cc(F)c(F)cc1F)O[SiH3]. The van der Waals surface area contributed by atoms with Crippen LogP contribution in [-0.4, -0.2) is 16.1 Å². The Morgan fingerprint density at radius 2 is 1.69 bits per heavy atom. The first-order chi connectivity index (χ1) is 7.35. The van der Waals surface area contributed by atoms with Gasteiger partial charge in [-0.15, -0.1) is 0 Å². The summed E-state index contributed by atoms with van der Waals surface area (Å²) in [5.74, 6) is -2.87. The molecule has 0 atom stereocenters. The van der Waals surface area contributed by atoms with Crippen molar-refractivity contribution in [2.75, 3.05) is 0 Å². The summed E-state index contributed by atoms with van der Waals surface area (Å²) in [6, 6.07) is 1.49. The summed E-state index contributed by atoms with van der Waals surface area (Å²) >= 11 is 0. The largest absolute Gasteiger partial charge is 0.423 e. The van der Waals surface area contributed by atoms with Gasteiger partial charge in [-0.3, -0.25) is 0 Å². The lowest BCUT2D eigenvalue weighted by Gasteiger charge is -2.23. The summed E-state index contributed by atoms with van der Waals surface area (Å²) in [6.45, 7) is 3.77. The molecule has 0 unspecified atom stereocenters. The minimum Gasteiger partial charge on any atom is -0.423 e. The first kappa shape index (κ1) is 13.3. The number of aryl methyl sites for hydroxylation is 1. The van der Waals surface area contributed by atoms with Gasteiger partial charge in [-0.1, -0.05) is 0 Å². The lowest BCUT2D eigenvalue weighted by molar-refractivity contribution is 0.113. The Kier molecular flexibility index (Phi) is 4.15. The van der Waals surface area contributed by atoms with E-state index in [-0.39, 0.29) is 11.2 Å². The minimum absolute atomic E-state index is 0.186. The third-order valence-corrected chi connectivity index (χ3v) is 3.74. The molecule has 1 nitrogen and oxygen atoms in total. The molecule has 0 amide bonds. The summed E-state index contributed by atoms with van der Waals surface area (Å²) in [5.41, 5.74) is -0.158. The van der Waals surface area contributed by atoms with E-state index in [2.05, 4.69) is 0 Å². The average molecular weight is 248 g/mol. The van der Waals surface area contributed by atoms with Gasteiger partial charge in [-0.25, -0.2) is 13.2 Å². The van der Waals surface area contributed by atoms with Crippen molar-refractivity contribution in [3.8, 4) is 0 Å². The van der Waals surface area contributed by atoms with Crippen molar-refractivity contribution in [2.24, 2.45) is 0 Å². The van der Waals surface area contributed by atoms with E-state index >= 15 is 0 Å². The van der Waals surface area contributed by atoms with Crippen LogP contribution in [0.25, 0.3) is 0 Å². The van der Waals surface area contributed by atoms with E-state index < -0.39 is 17.5 Å². The Labute approximate surface area is 96.2 Å². The van der Waals surface area contributed by atoms with Crippen molar-refractivity contribution in [1.82, 2.24) is 0 Å². The molecule has 0 aliphatic heterocycles. The predicted octanol–water partition coefficient (Wildman–Crippen LogP) is 2.11. The second-order valence-corrected chi connectivity index (χ2v) is 4.73. The highest BCUT2D eigenvalue weighted by Gasteiger charge is 2.17. The van der Waals surface area contributed by atoms with E-state index in [4.69, 9.17) is 4.43 Å². The Morgan fingerprint density at radius 1 is 1.12 bits per heavy atom. The maximum atomic E-state index is 13.3. The third kappa shape index (κ3) is 3.35. The number of hydrogen-bond donors (Lipinski definition) is 0. The van der Waals surface area contributed by atoms with Gasteiger partial charge in [-0.2, -0.15) is 0 Å². The van der Waals surface area contributed by atoms with Crippen LogP contribution in [0.1, 0.15) is 25.8 Å². The van der Waals surface area contributed by atoms with E-state index in [1.165, 1.54) is 0 Å². The topological polar surface area (TPSA) is 9.23 Å². The Bertz CT molecular complexity index is 380. The number of halogens is 3. The highest BCUT2D eigenvalue weighted by atomic mass is 28.2. The highest BCUT2D eigenvalue weighted by molar-refractivity contribution is 5.98. The minimum atomic E-state index is -1.15. The first-order valence-corrected chi connectivity index (χ1v) is 5.86. The van der Waals surface area contributed by atoms with Crippen LogP contribution in [0, 0.1) is 17.5 Å². The lowest BCUT2D eigenvalue weighted by atomic mass is 9.98. The normalized spacial score (nSPS) is 12.1. The molecule has 0 fully saturated rings. The van der Waals surface area contributed by atoms with Gasteiger partial charge in [0.2, 0.25) is 0 Å². The van der Waals surface area contributed by atoms with Gasteiger partial charge in [0.25, 0.3) is 0 Å². The fourth-order valence-corrected chi connectivity index (χ4v) is 1.50. The van der Waals surface area contributed by atoms with Gasteiger partial charge in [0.05, 0.1) is 0 Å². The Morgan fingerprint density at radius 3 is 2.25 bits per heavy atom. The smallest absolute Gasteiger partial charge is 0.161 e. The van der Waals surface area contributed by atoms with E-state index in [1.54, 1.807) is 0 Å². The van der Waals surface area contributed by atoms with Gasteiger partial charge in [0.15, 0.2) is 11.6 Å². The molecule has 1 rings (SSSR count). The zero-order valence-electron chi connectivity index (χ0n) is 9.61. The van der Waals surface area contributed by atoms with Crippen molar-refractivity contribution in [2.45, 2.75) is 32.3 Å². The van der Waals surface area contributed by atoms with Gasteiger partial charge in [-0.05, 0) is 38.3 Å². The average Bonchev–Trinajstić information content (AvgIpc) is 2.22. The molecule has 0 aliphatic rings. The van der Waals surface area contributed by atoms with Crippen molar-refractivity contribution in [3.63, 3.8) is 0 Å². The fraction of sp³-hybridized carbons (Fsp3) is 0.455. The molecule has 1 aromatic carbocycles. The summed E-state index contributed by atoms with van der Waals surface area (Å²) in [4.78, 5) is 0. The van der Waals surface area contributed by atoms with Gasteiger partial charge in [0, 0.05) is 11.7 Å². The lowest BCUT2D eigenvalue weighted by Crippen LogP contribution is -2.24. The van der Waals surface area contributed by atoms with Crippen LogP contribution >= 0.6 is 0 Å². The Balaban J connectivity index is 2.79. The Hall–Kier alpha value is -0.813. The zero-order valence-corrected chi connectivity index (χ0v) is 11.6. The first-order valence-electron chi connectivity index (χ1n) is 5.04. The monoisotopic (exact) mass is 248 g/mol. The van der Waals surface area contributed by atoms with Gasteiger partial charge < -0.3 is 4.43 Å². The molecule has 0 saturated heterocycles. The number of benzene rings is 1. The van der Waals surface area contributed by atoms with Crippen molar-refractivity contribution >= 4 is 10.5 Å². The van der Waals surface area contributed by atoms with Gasteiger partial charge in [0.1, 0.15) is 16.3 Å². The zero-order chi connectivity index (χ0) is 12.3. The highest BCUT2D eigenvalue weighted by Crippen LogP contribution is 2.20. The molecule has 0 radical (unpaired) electrons. The molecule has 0 heterocycles. The van der Waals surface area contributed by atoms with E-state index in [0.29, 0.717) is 29.4 Å². The molecule has 16 heavy (non-hydrogen) atoms. The number of hydrogen-bond acceptors (Lipinski definition) is 1. The van der Waals surface area contributed by atoms with Crippen LogP contribution in [0.15, 0.2) is 12.1 Å². The molecular weight excluding hydrogens is 233 g/mol. The van der Waals surface area contributed by atoms with Crippen LogP contribution in [-0.2, 0) is 10.8 Å². The van der Waals surface area contributed by atoms with Crippen LogP contribution in [0.2, 0.25) is 0 Å². The molecule has 0 aromatic heterocycles. The molecule has 0 saturated carbocycles. The van der Waals surface area contributed by atoms with Crippen molar-refractivity contribution in [1.29, 1.82) is 0 Å². The molecule has 0 N–H and O–H groups in total. The van der Waals surface area contributed by atoms with Gasteiger partial charge >= 0.3 is 0 Å². The summed E-state index contributed by atoms with van der Waals surface area (Å²) in [6.07, 6.45) is 0.900. The molecule has 1 aromatic rings. The van der Waals surface area contributed by atoms with Crippen LogP contribution < -0.4 is 0 Å². The quantitative estimate of drug-likeness (QED) is 0.586. The fourth-order valence-electron chi connectivity index (χ4n) is 1.29. The molecule has 5 heteroatoms. The van der Waals surface area contributed by atoms with E-state index in [9.17, 15) is 13.2 Å². The van der Waals surface area contributed by atoms with Crippen molar-refractivity contribution < 1.29 is 17.6 Å². The molecular formula is C11H15F3OSi. The van der Waals surface area contributed by atoms with Crippen molar-refractivity contribution in [3.05, 3.63) is 35.1 Å². The maximum Gasteiger partial charge on any atom is 0.161 e. The molecule has 0 bridgehead atoms. The van der Waals surface area contributed by atoms with E-state index in [0.717, 1.165) is 6.07 Å². The second-order valence-electron chi connectivity index (χ2n) is 4.32. The molecule has 0 aliphatic carbocycles. The van der Waals surface area contributed by atoms with Crippen LogP contribution in [0.3, 0.4) is 0 Å². The summed E-state index contributed by atoms with van der Waals surface area (Å²) in [5, 5.41) is 0. The second kappa shape index (κ2) is 5.01. The van der Waals surface area contributed by atoms with Crippen LogP contribution in [0.5, 0.6) is 0 Å². The maximum absolute atomic E-state index is 13.3. The standard InChI is InChI=1S/C11H15F3OSi/c1-11(2,15-16)4-3-7-5-9(13)10(14)6-8(7)12/h5-6H,3-4H2,1-2,16H3. The van der Waals surface area contributed by atoms with Crippen LogP contribution in [0.4, 0.5) is 13.2 Å². The molecule has 0 spiro atoms.